The lowest BCUT2D eigenvalue weighted by Crippen LogP contribution is -2.44. The summed E-state index contributed by atoms with van der Waals surface area (Å²) in [7, 11) is 1.55. The molecule has 0 aliphatic rings. The number of aliphatic hydroxyl groups excluding tert-OH is 2. The largest absolute Gasteiger partial charge is 0.493 e. The van der Waals surface area contributed by atoms with Crippen molar-refractivity contribution in [3.63, 3.8) is 0 Å². The highest BCUT2D eigenvalue weighted by Gasteiger charge is 2.18. The van der Waals surface area contributed by atoms with Crippen LogP contribution in [0.5, 0.6) is 11.5 Å². The van der Waals surface area contributed by atoms with E-state index in [-0.39, 0.29) is 26.3 Å². The molecule has 0 amide bonds. The standard InChI is InChI=1S/C14H23NO5/c1-14(18,10-16)9-15-7-11(17)8-20-13-6-4-3-5-12(13)19-2/h3-6,11,15-18H,7-10H2,1-2H3. The summed E-state index contributed by atoms with van der Waals surface area (Å²) in [5.74, 6) is 1.17. The van der Waals surface area contributed by atoms with Crippen molar-refractivity contribution >= 4 is 0 Å². The zero-order valence-electron chi connectivity index (χ0n) is 11.9. The lowest BCUT2D eigenvalue weighted by atomic mass is 10.1. The highest BCUT2D eigenvalue weighted by Crippen LogP contribution is 2.25. The van der Waals surface area contributed by atoms with Gasteiger partial charge in [0.05, 0.1) is 19.3 Å². The van der Waals surface area contributed by atoms with Gasteiger partial charge >= 0.3 is 0 Å². The molecule has 2 unspecified atom stereocenters. The van der Waals surface area contributed by atoms with Crippen LogP contribution < -0.4 is 14.8 Å². The molecule has 0 heterocycles. The molecule has 0 spiro atoms. The molecule has 6 nitrogen and oxygen atoms in total. The molecule has 4 N–H and O–H groups in total. The van der Waals surface area contributed by atoms with Crippen molar-refractivity contribution in [1.29, 1.82) is 0 Å². The second kappa shape index (κ2) is 8.06. The molecule has 1 rings (SSSR count). The van der Waals surface area contributed by atoms with Gasteiger partial charge in [0.15, 0.2) is 11.5 Å². The van der Waals surface area contributed by atoms with Gasteiger partial charge in [0.25, 0.3) is 0 Å². The maximum atomic E-state index is 9.77. The van der Waals surface area contributed by atoms with Gasteiger partial charge in [-0.15, -0.1) is 0 Å². The van der Waals surface area contributed by atoms with Crippen LogP contribution in [0.1, 0.15) is 6.92 Å². The van der Waals surface area contributed by atoms with Crippen LogP contribution in [0.15, 0.2) is 24.3 Å². The first kappa shape index (κ1) is 16.7. The Balaban J connectivity index is 2.31. The predicted octanol–water partition coefficient (Wildman–Crippen LogP) is -0.232. The Morgan fingerprint density at radius 3 is 2.55 bits per heavy atom. The quantitative estimate of drug-likeness (QED) is 0.501. The van der Waals surface area contributed by atoms with Crippen molar-refractivity contribution in [2.45, 2.75) is 18.6 Å². The molecule has 6 heteroatoms. The summed E-state index contributed by atoms with van der Waals surface area (Å²) < 4.78 is 10.6. The molecular formula is C14H23NO5. The number of para-hydroxylation sites is 2. The van der Waals surface area contributed by atoms with Crippen molar-refractivity contribution < 1.29 is 24.8 Å². The van der Waals surface area contributed by atoms with Crippen LogP contribution in [-0.4, -0.2) is 60.4 Å². The molecule has 0 fully saturated rings. The van der Waals surface area contributed by atoms with E-state index in [1.54, 1.807) is 19.2 Å². The van der Waals surface area contributed by atoms with E-state index in [0.29, 0.717) is 11.5 Å². The Morgan fingerprint density at radius 1 is 1.30 bits per heavy atom. The van der Waals surface area contributed by atoms with Crippen LogP contribution in [0.25, 0.3) is 0 Å². The SMILES string of the molecule is COc1ccccc1OCC(O)CNCC(C)(O)CO. The summed E-state index contributed by atoms with van der Waals surface area (Å²) in [6.07, 6.45) is -0.727. The van der Waals surface area contributed by atoms with Crippen molar-refractivity contribution in [1.82, 2.24) is 5.32 Å². The Morgan fingerprint density at radius 2 is 1.95 bits per heavy atom. The van der Waals surface area contributed by atoms with Crippen LogP contribution in [0.3, 0.4) is 0 Å². The fraction of sp³-hybridized carbons (Fsp3) is 0.571. The minimum atomic E-state index is -1.19. The van der Waals surface area contributed by atoms with Gasteiger partial charge in [0.2, 0.25) is 0 Å². The number of aliphatic hydroxyl groups is 3. The molecule has 114 valence electrons. The Labute approximate surface area is 119 Å². The number of hydrogen-bond acceptors (Lipinski definition) is 6. The smallest absolute Gasteiger partial charge is 0.161 e. The third-order valence-electron chi connectivity index (χ3n) is 2.73. The van der Waals surface area contributed by atoms with Crippen molar-refractivity contribution in [3.8, 4) is 11.5 Å². The third-order valence-corrected chi connectivity index (χ3v) is 2.73. The average Bonchev–Trinajstić information content (AvgIpc) is 2.45. The van der Waals surface area contributed by atoms with Gasteiger partial charge in [-0.1, -0.05) is 12.1 Å². The van der Waals surface area contributed by atoms with E-state index in [0.717, 1.165) is 0 Å². The number of methoxy groups -OCH3 is 1. The van der Waals surface area contributed by atoms with Crippen LogP contribution in [0.4, 0.5) is 0 Å². The topological polar surface area (TPSA) is 91.2 Å². The lowest BCUT2D eigenvalue weighted by Gasteiger charge is -2.22. The molecular weight excluding hydrogens is 262 g/mol. The Bertz CT molecular complexity index is 397. The van der Waals surface area contributed by atoms with Crippen molar-refractivity contribution in [3.05, 3.63) is 24.3 Å². The van der Waals surface area contributed by atoms with Gasteiger partial charge in [-0.3, -0.25) is 0 Å². The molecule has 0 aliphatic carbocycles. The fourth-order valence-corrected chi connectivity index (χ4v) is 1.55. The summed E-state index contributed by atoms with van der Waals surface area (Å²) in [4.78, 5) is 0. The monoisotopic (exact) mass is 285 g/mol. The number of benzene rings is 1. The van der Waals surface area contributed by atoms with Crippen LogP contribution >= 0.6 is 0 Å². The normalized spacial score (nSPS) is 15.4. The summed E-state index contributed by atoms with van der Waals surface area (Å²) in [6.45, 7) is 1.72. The van der Waals surface area contributed by atoms with Crippen LogP contribution in [-0.2, 0) is 0 Å². The summed E-state index contributed by atoms with van der Waals surface area (Å²) in [5, 5.41) is 31.1. The Hall–Kier alpha value is -1.34. The molecule has 0 aromatic heterocycles. The second-order valence-electron chi connectivity index (χ2n) is 4.90. The third kappa shape index (κ3) is 5.75. The minimum Gasteiger partial charge on any atom is -0.493 e. The molecule has 0 aliphatic heterocycles. The first-order chi connectivity index (χ1) is 9.48. The van der Waals surface area contributed by atoms with Crippen molar-refractivity contribution in [2.24, 2.45) is 0 Å². The van der Waals surface area contributed by atoms with Gasteiger partial charge in [-0.05, 0) is 19.1 Å². The zero-order valence-corrected chi connectivity index (χ0v) is 11.9. The maximum Gasteiger partial charge on any atom is 0.161 e. The molecule has 0 saturated heterocycles. The predicted molar refractivity (Wildman–Crippen MR) is 75.1 cm³/mol. The molecule has 2 atom stereocenters. The summed E-state index contributed by atoms with van der Waals surface area (Å²) in [6, 6.07) is 7.19. The molecule has 0 saturated carbocycles. The highest BCUT2D eigenvalue weighted by molar-refractivity contribution is 5.39. The molecule has 1 aromatic carbocycles. The van der Waals surface area contributed by atoms with E-state index in [1.807, 2.05) is 12.1 Å². The van der Waals surface area contributed by atoms with E-state index in [9.17, 15) is 10.2 Å². The number of ether oxygens (including phenoxy) is 2. The first-order valence-electron chi connectivity index (χ1n) is 6.46. The van der Waals surface area contributed by atoms with Crippen LogP contribution in [0.2, 0.25) is 0 Å². The van der Waals surface area contributed by atoms with Crippen molar-refractivity contribution in [2.75, 3.05) is 33.4 Å². The van der Waals surface area contributed by atoms with E-state index in [1.165, 1.54) is 6.92 Å². The molecule has 1 aromatic rings. The second-order valence-corrected chi connectivity index (χ2v) is 4.90. The maximum absolute atomic E-state index is 9.77. The van der Waals surface area contributed by atoms with E-state index >= 15 is 0 Å². The number of rotatable bonds is 9. The van der Waals surface area contributed by atoms with E-state index in [4.69, 9.17) is 14.6 Å². The minimum absolute atomic E-state index is 0.106. The van der Waals surface area contributed by atoms with Gasteiger partial charge in [0.1, 0.15) is 12.7 Å². The summed E-state index contributed by atoms with van der Waals surface area (Å²) in [5.41, 5.74) is -1.19. The summed E-state index contributed by atoms with van der Waals surface area (Å²) >= 11 is 0. The average molecular weight is 285 g/mol. The first-order valence-corrected chi connectivity index (χ1v) is 6.46. The lowest BCUT2D eigenvalue weighted by molar-refractivity contribution is -0.000347. The van der Waals surface area contributed by atoms with Crippen LogP contribution in [0, 0.1) is 0 Å². The highest BCUT2D eigenvalue weighted by atomic mass is 16.5. The van der Waals surface area contributed by atoms with Gasteiger partial charge in [-0.25, -0.2) is 0 Å². The van der Waals surface area contributed by atoms with E-state index < -0.39 is 11.7 Å². The molecule has 0 bridgehead atoms. The van der Waals surface area contributed by atoms with Gasteiger partial charge in [0, 0.05) is 13.1 Å². The van der Waals surface area contributed by atoms with Gasteiger partial charge in [-0.2, -0.15) is 0 Å². The van der Waals surface area contributed by atoms with Gasteiger partial charge < -0.3 is 30.1 Å². The zero-order chi connectivity index (χ0) is 15.0. The molecule has 0 radical (unpaired) electrons. The number of nitrogens with one attached hydrogen (secondary N) is 1. The fourth-order valence-electron chi connectivity index (χ4n) is 1.55. The molecule has 20 heavy (non-hydrogen) atoms. The Kier molecular flexibility index (Phi) is 6.74. The number of hydrogen-bond donors (Lipinski definition) is 4. The van der Waals surface area contributed by atoms with E-state index in [2.05, 4.69) is 5.32 Å².